The van der Waals surface area contributed by atoms with E-state index in [2.05, 4.69) is 16.4 Å². The number of halogens is 1. The molecule has 1 amide bonds. The number of pyridine rings is 1. The van der Waals surface area contributed by atoms with E-state index in [0.717, 1.165) is 10.8 Å². The van der Waals surface area contributed by atoms with Gasteiger partial charge in [-0.3, -0.25) is 9.78 Å². The third-order valence-electron chi connectivity index (χ3n) is 7.00. The summed E-state index contributed by atoms with van der Waals surface area (Å²) in [4.78, 5) is 17.8. The molecule has 1 atom stereocenters. The van der Waals surface area contributed by atoms with Crippen molar-refractivity contribution in [3.05, 3.63) is 71.0 Å². The van der Waals surface area contributed by atoms with Crippen LogP contribution < -0.4 is 5.32 Å². The SMILES string of the molecule is N#CC1(CS(=O)(=O)N2Cc3ccc(Cl)cc3[C@@H](C(=O)Nc3cncc4ccccc34)C2)CCOCC1. The molecule has 3 heterocycles. The lowest BCUT2D eigenvalue weighted by atomic mass is 9.84. The maximum Gasteiger partial charge on any atom is 0.233 e. The Balaban J connectivity index is 1.46. The number of hydrogen-bond donors (Lipinski definition) is 1. The monoisotopic (exact) mass is 524 g/mol. The quantitative estimate of drug-likeness (QED) is 0.538. The highest BCUT2D eigenvalue weighted by molar-refractivity contribution is 7.89. The number of hydrogen-bond acceptors (Lipinski definition) is 6. The number of rotatable bonds is 5. The average Bonchev–Trinajstić information content (AvgIpc) is 2.88. The van der Waals surface area contributed by atoms with Crippen LogP contribution in [0.5, 0.6) is 0 Å². The van der Waals surface area contributed by atoms with Crippen molar-refractivity contribution < 1.29 is 17.9 Å². The van der Waals surface area contributed by atoms with E-state index in [1.807, 2.05) is 24.3 Å². The van der Waals surface area contributed by atoms with Gasteiger partial charge in [0, 0.05) is 48.3 Å². The molecule has 1 saturated heterocycles. The number of sulfonamides is 1. The predicted octanol–water partition coefficient (Wildman–Crippen LogP) is 4.08. The van der Waals surface area contributed by atoms with Gasteiger partial charge in [-0.2, -0.15) is 9.57 Å². The number of carbonyl (C=O) groups excluding carboxylic acids is 1. The maximum atomic E-state index is 13.6. The molecule has 0 saturated carbocycles. The molecular formula is C26H25ClN4O4S. The summed E-state index contributed by atoms with van der Waals surface area (Å²) < 4.78 is 33.8. The van der Waals surface area contributed by atoms with Crippen molar-refractivity contribution in [2.45, 2.75) is 25.3 Å². The number of ether oxygens (including phenoxy) is 1. The van der Waals surface area contributed by atoms with Crippen LogP contribution in [-0.2, 0) is 26.1 Å². The van der Waals surface area contributed by atoms with Gasteiger partial charge in [0.05, 0.1) is 35.0 Å². The van der Waals surface area contributed by atoms with Gasteiger partial charge in [-0.1, -0.05) is 41.9 Å². The predicted molar refractivity (Wildman–Crippen MR) is 137 cm³/mol. The Labute approximate surface area is 214 Å². The van der Waals surface area contributed by atoms with Crippen molar-refractivity contribution in [3.8, 4) is 6.07 Å². The highest BCUT2D eigenvalue weighted by atomic mass is 35.5. The summed E-state index contributed by atoms with van der Waals surface area (Å²) in [6.07, 6.45) is 4.02. The van der Waals surface area contributed by atoms with E-state index >= 15 is 0 Å². The summed E-state index contributed by atoms with van der Waals surface area (Å²) in [5.74, 6) is -1.43. The van der Waals surface area contributed by atoms with Gasteiger partial charge in [0.2, 0.25) is 15.9 Å². The largest absolute Gasteiger partial charge is 0.381 e. The first-order valence-corrected chi connectivity index (χ1v) is 13.7. The summed E-state index contributed by atoms with van der Waals surface area (Å²) in [6, 6.07) is 15.0. The molecule has 186 valence electrons. The molecule has 2 aromatic carbocycles. The molecule has 0 unspecified atom stereocenters. The molecule has 10 heteroatoms. The van der Waals surface area contributed by atoms with Crippen LogP contribution in [0, 0.1) is 16.7 Å². The van der Waals surface area contributed by atoms with Gasteiger partial charge in [-0.05, 0) is 36.1 Å². The Morgan fingerprint density at radius 1 is 1.22 bits per heavy atom. The molecule has 1 N–H and O–H groups in total. The number of anilines is 1. The van der Waals surface area contributed by atoms with Crippen LogP contribution in [0.3, 0.4) is 0 Å². The fraction of sp³-hybridized carbons (Fsp3) is 0.346. The number of nitrogens with one attached hydrogen (secondary N) is 1. The van der Waals surface area contributed by atoms with Gasteiger partial charge in [0.1, 0.15) is 0 Å². The van der Waals surface area contributed by atoms with Crippen LogP contribution in [0.4, 0.5) is 5.69 Å². The molecule has 1 fully saturated rings. The topological polar surface area (TPSA) is 112 Å². The minimum absolute atomic E-state index is 0.0439. The second-order valence-corrected chi connectivity index (χ2v) is 11.8. The van der Waals surface area contributed by atoms with E-state index in [9.17, 15) is 18.5 Å². The molecular weight excluding hydrogens is 500 g/mol. The Bertz CT molecular complexity index is 1460. The molecule has 2 aliphatic heterocycles. The Morgan fingerprint density at radius 3 is 2.78 bits per heavy atom. The molecule has 1 aromatic heterocycles. The van der Waals surface area contributed by atoms with E-state index in [4.69, 9.17) is 16.3 Å². The van der Waals surface area contributed by atoms with Crippen LogP contribution in [0.1, 0.15) is 29.9 Å². The van der Waals surface area contributed by atoms with Gasteiger partial charge in [-0.15, -0.1) is 0 Å². The van der Waals surface area contributed by atoms with Gasteiger partial charge < -0.3 is 10.1 Å². The first kappa shape index (κ1) is 24.7. The number of aromatic nitrogens is 1. The van der Waals surface area contributed by atoms with Crippen molar-refractivity contribution in [1.82, 2.24) is 9.29 Å². The molecule has 0 bridgehead atoms. The van der Waals surface area contributed by atoms with Gasteiger partial charge in [0.15, 0.2) is 0 Å². The Hall–Kier alpha value is -3.03. The highest BCUT2D eigenvalue weighted by Crippen LogP contribution is 2.37. The summed E-state index contributed by atoms with van der Waals surface area (Å²) in [7, 11) is -3.85. The normalized spacial score (nSPS) is 19.8. The van der Waals surface area contributed by atoms with Crippen molar-refractivity contribution >= 4 is 44.0 Å². The first-order valence-electron chi connectivity index (χ1n) is 11.7. The standard InChI is InChI=1S/C26H25ClN4O4S/c27-20-6-5-19-14-31(36(33,34)17-26(16-28)7-9-35-10-8-26)15-23(22(19)11-20)25(32)30-24-13-29-12-18-3-1-2-4-21(18)24/h1-6,11-13,23H,7-10,14-15,17H2,(H,30,32)/t23-/m0/s1. The van der Waals surface area contributed by atoms with E-state index < -0.39 is 21.4 Å². The van der Waals surface area contributed by atoms with Crippen LogP contribution in [0.2, 0.25) is 5.02 Å². The molecule has 36 heavy (non-hydrogen) atoms. The number of carbonyl (C=O) groups is 1. The molecule has 5 rings (SSSR count). The van der Waals surface area contributed by atoms with E-state index in [1.54, 1.807) is 30.6 Å². The molecule has 2 aliphatic rings. The molecule has 0 spiro atoms. The lowest BCUT2D eigenvalue weighted by molar-refractivity contribution is -0.118. The molecule has 3 aromatic rings. The van der Waals surface area contributed by atoms with Crippen molar-refractivity contribution in [2.75, 3.05) is 30.8 Å². The van der Waals surface area contributed by atoms with E-state index in [-0.39, 0.29) is 24.7 Å². The summed E-state index contributed by atoms with van der Waals surface area (Å²) in [6.45, 7) is 0.785. The van der Waals surface area contributed by atoms with Crippen LogP contribution in [0.15, 0.2) is 54.9 Å². The lowest BCUT2D eigenvalue weighted by Gasteiger charge is -2.36. The average molecular weight is 525 g/mol. The van der Waals surface area contributed by atoms with Crippen molar-refractivity contribution in [2.24, 2.45) is 5.41 Å². The fourth-order valence-electron chi connectivity index (χ4n) is 4.95. The zero-order valence-electron chi connectivity index (χ0n) is 19.5. The minimum atomic E-state index is -3.85. The number of benzene rings is 2. The maximum absolute atomic E-state index is 13.6. The number of amides is 1. The molecule has 8 nitrogen and oxygen atoms in total. The van der Waals surface area contributed by atoms with E-state index in [1.165, 1.54) is 4.31 Å². The summed E-state index contributed by atoms with van der Waals surface area (Å²) in [5, 5.41) is 14.9. The Morgan fingerprint density at radius 2 is 2.00 bits per heavy atom. The smallest absolute Gasteiger partial charge is 0.233 e. The van der Waals surface area contributed by atoms with Crippen LogP contribution in [0.25, 0.3) is 10.8 Å². The third-order valence-corrected chi connectivity index (χ3v) is 9.22. The number of nitrogens with zero attached hydrogens (tertiary/aromatic N) is 3. The van der Waals surface area contributed by atoms with Gasteiger partial charge in [-0.25, -0.2) is 8.42 Å². The zero-order valence-corrected chi connectivity index (χ0v) is 21.1. The fourth-order valence-corrected chi connectivity index (χ4v) is 7.08. The van der Waals surface area contributed by atoms with Crippen LogP contribution >= 0.6 is 11.6 Å². The van der Waals surface area contributed by atoms with Gasteiger partial charge in [0.25, 0.3) is 0 Å². The minimum Gasteiger partial charge on any atom is -0.381 e. The van der Waals surface area contributed by atoms with Crippen molar-refractivity contribution in [1.29, 1.82) is 5.26 Å². The highest BCUT2D eigenvalue weighted by Gasteiger charge is 2.42. The molecule has 0 radical (unpaired) electrons. The summed E-state index contributed by atoms with van der Waals surface area (Å²) in [5.41, 5.74) is 0.959. The van der Waals surface area contributed by atoms with Gasteiger partial charge >= 0.3 is 0 Å². The van der Waals surface area contributed by atoms with Crippen molar-refractivity contribution in [3.63, 3.8) is 0 Å². The summed E-state index contributed by atoms with van der Waals surface area (Å²) >= 11 is 6.26. The Kier molecular flexibility index (Phi) is 6.70. The molecule has 0 aliphatic carbocycles. The van der Waals surface area contributed by atoms with Crippen LogP contribution in [-0.4, -0.2) is 49.1 Å². The number of nitriles is 1. The lowest BCUT2D eigenvalue weighted by Crippen LogP contribution is -2.46. The zero-order chi connectivity index (χ0) is 25.3. The van der Waals surface area contributed by atoms with E-state index in [0.29, 0.717) is 47.9 Å². The second kappa shape index (κ2) is 9.79. The first-order chi connectivity index (χ1) is 17.3. The number of fused-ring (bicyclic) bond motifs is 2. The third kappa shape index (κ3) is 4.82. The second-order valence-electron chi connectivity index (χ2n) is 9.35.